The van der Waals surface area contributed by atoms with Crippen LogP contribution in [0.15, 0.2) is 0 Å². The van der Waals surface area contributed by atoms with E-state index in [9.17, 15) is 19.2 Å². The van der Waals surface area contributed by atoms with E-state index in [1.165, 1.54) is 74.7 Å². The molecule has 0 heterocycles. The van der Waals surface area contributed by atoms with Crippen molar-refractivity contribution < 1.29 is 19.2 Å². The van der Waals surface area contributed by atoms with E-state index in [1.807, 2.05) is 0 Å². The van der Waals surface area contributed by atoms with Crippen molar-refractivity contribution in [3.05, 3.63) is 0 Å². The molecule has 0 saturated heterocycles. The Kier molecular flexibility index (Phi) is 10.8. The van der Waals surface area contributed by atoms with E-state index in [0.29, 0.717) is 23.0 Å². The molecule has 21 heavy (non-hydrogen) atoms. The predicted octanol–water partition coefficient (Wildman–Crippen LogP) is 3.09. The van der Waals surface area contributed by atoms with Crippen molar-refractivity contribution in [2.45, 2.75) is 27.7 Å². The van der Waals surface area contributed by atoms with Crippen LogP contribution < -0.4 is 0 Å². The van der Waals surface area contributed by atoms with E-state index in [2.05, 4.69) is 0 Å². The van der Waals surface area contributed by atoms with Crippen molar-refractivity contribution in [3.63, 3.8) is 0 Å². The Morgan fingerprint density at radius 3 is 0.905 bits per heavy atom. The quantitative estimate of drug-likeness (QED) is 0.647. The Balaban J connectivity index is 5.02. The zero-order valence-electron chi connectivity index (χ0n) is 12.6. The molecule has 0 bridgehead atoms. The summed E-state index contributed by atoms with van der Waals surface area (Å²) < 4.78 is 0. The molecule has 0 fully saturated rings. The van der Waals surface area contributed by atoms with Crippen molar-refractivity contribution in [1.82, 2.24) is 0 Å². The molecule has 0 aromatic heterocycles. The second-order valence-corrected chi connectivity index (χ2v) is 9.23. The summed E-state index contributed by atoms with van der Waals surface area (Å²) in [6.07, 6.45) is 0. The lowest BCUT2D eigenvalue weighted by Crippen LogP contribution is -2.34. The Hall–Kier alpha value is 0.0800. The van der Waals surface area contributed by atoms with Crippen LogP contribution in [0.4, 0.5) is 0 Å². The SMILES string of the molecule is CC(=O)SCC(CSC(C)=O)(CSC(C)=O)CSC(C)=O. The minimum Gasteiger partial charge on any atom is -0.288 e. The standard InChI is InChI=1S/C13H20O4S4/c1-9(14)18-5-13(6-19-10(2)15,7-20-11(3)16)8-21-12(4)17/h5-8H2,1-4H3. The summed E-state index contributed by atoms with van der Waals surface area (Å²) >= 11 is 4.72. The van der Waals surface area contributed by atoms with Gasteiger partial charge in [-0.2, -0.15) is 0 Å². The molecule has 0 aliphatic carbocycles. The van der Waals surface area contributed by atoms with Crippen molar-refractivity contribution >= 4 is 67.5 Å². The minimum atomic E-state index is -0.403. The molecule has 0 spiro atoms. The smallest absolute Gasteiger partial charge is 0.185 e. The Morgan fingerprint density at radius 1 is 0.571 bits per heavy atom. The Labute approximate surface area is 142 Å². The molecule has 0 aromatic carbocycles. The molecular formula is C13H20O4S4. The van der Waals surface area contributed by atoms with E-state index in [1.54, 1.807) is 0 Å². The van der Waals surface area contributed by atoms with Gasteiger partial charge in [0.05, 0.1) is 0 Å². The molecule has 0 aromatic rings. The summed E-state index contributed by atoms with van der Waals surface area (Å²) in [7, 11) is 0. The lowest BCUT2D eigenvalue weighted by Gasteiger charge is -2.31. The van der Waals surface area contributed by atoms with Crippen LogP contribution in [-0.4, -0.2) is 43.5 Å². The molecule has 0 aliphatic heterocycles. The highest BCUT2D eigenvalue weighted by Crippen LogP contribution is 2.35. The second-order valence-electron chi connectivity index (χ2n) is 4.62. The number of rotatable bonds is 8. The first-order valence-electron chi connectivity index (χ1n) is 6.20. The molecule has 0 N–H and O–H groups in total. The lowest BCUT2D eigenvalue weighted by molar-refractivity contribution is -0.109. The van der Waals surface area contributed by atoms with E-state index in [-0.39, 0.29) is 20.5 Å². The van der Waals surface area contributed by atoms with Crippen LogP contribution in [0.1, 0.15) is 27.7 Å². The fourth-order valence-electron chi connectivity index (χ4n) is 1.27. The van der Waals surface area contributed by atoms with E-state index in [0.717, 1.165) is 0 Å². The first-order valence-corrected chi connectivity index (χ1v) is 10.1. The topological polar surface area (TPSA) is 68.3 Å². The van der Waals surface area contributed by atoms with Crippen LogP contribution in [0.5, 0.6) is 0 Å². The number of hydrogen-bond donors (Lipinski definition) is 0. The van der Waals surface area contributed by atoms with Crippen LogP contribution in [-0.2, 0) is 19.2 Å². The maximum Gasteiger partial charge on any atom is 0.185 e. The monoisotopic (exact) mass is 368 g/mol. The molecule has 0 rings (SSSR count). The molecule has 4 nitrogen and oxygen atoms in total. The van der Waals surface area contributed by atoms with Crippen molar-refractivity contribution in [3.8, 4) is 0 Å². The highest BCUT2D eigenvalue weighted by molar-refractivity contribution is 8.16. The lowest BCUT2D eigenvalue weighted by atomic mass is 9.99. The van der Waals surface area contributed by atoms with E-state index in [4.69, 9.17) is 0 Å². The van der Waals surface area contributed by atoms with Gasteiger partial charge in [-0.1, -0.05) is 47.0 Å². The van der Waals surface area contributed by atoms with Gasteiger partial charge in [-0.15, -0.1) is 0 Å². The van der Waals surface area contributed by atoms with Crippen LogP contribution in [0.25, 0.3) is 0 Å². The van der Waals surface area contributed by atoms with E-state index < -0.39 is 5.41 Å². The zero-order chi connectivity index (χ0) is 16.5. The van der Waals surface area contributed by atoms with Gasteiger partial charge >= 0.3 is 0 Å². The third-order valence-corrected chi connectivity index (χ3v) is 6.98. The van der Waals surface area contributed by atoms with E-state index >= 15 is 0 Å². The third kappa shape index (κ3) is 11.3. The molecular weight excluding hydrogens is 348 g/mol. The normalized spacial score (nSPS) is 11.2. The Morgan fingerprint density at radius 2 is 0.762 bits per heavy atom. The fraction of sp³-hybridized carbons (Fsp3) is 0.692. The highest BCUT2D eigenvalue weighted by atomic mass is 32.2. The summed E-state index contributed by atoms with van der Waals surface area (Å²) in [5, 5.41) is -0.0265. The van der Waals surface area contributed by atoms with Crippen LogP contribution in [0.2, 0.25) is 0 Å². The summed E-state index contributed by atoms with van der Waals surface area (Å²) in [6, 6.07) is 0. The van der Waals surface area contributed by atoms with Gasteiger partial charge in [-0.05, 0) is 0 Å². The predicted molar refractivity (Wildman–Crippen MR) is 95.0 cm³/mol. The first-order chi connectivity index (χ1) is 9.67. The molecule has 0 aliphatic rings. The molecule has 120 valence electrons. The number of hydrogen-bond acceptors (Lipinski definition) is 8. The minimum absolute atomic E-state index is 0.00662. The first kappa shape index (κ1) is 21.1. The second kappa shape index (κ2) is 10.7. The molecule has 0 radical (unpaired) electrons. The number of carbonyl (C=O) groups is 4. The fourth-order valence-corrected chi connectivity index (χ4v) is 5.31. The van der Waals surface area contributed by atoms with Crippen LogP contribution in [0.3, 0.4) is 0 Å². The van der Waals surface area contributed by atoms with Gasteiger partial charge in [0, 0.05) is 56.1 Å². The average molecular weight is 369 g/mol. The van der Waals surface area contributed by atoms with Crippen molar-refractivity contribution in [1.29, 1.82) is 0 Å². The van der Waals surface area contributed by atoms with Gasteiger partial charge in [0.1, 0.15) is 0 Å². The third-order valence-electron chi connectivity index (χ3n) is 2.33. The Bertz CT molecular complexity index is 331. The van der Waals surface area contributed by atoms with Gasteiger partial charge in [-0.3, -0.25) is 19.2 Å². The summed E-state index contributed by atoms with van der Waals surface area (Å²) in [5.41, 5.74) is -0.403. The zero-order valence-corrected chi connectivity index (χ0v) is 15.9. The van der Waals surface area contributed by atoms with Gasteiger partial charge in [0.15, 0.2) is 20.5 Å². The molecule has 0 amide bonds. The molecule has 0 unspecified atom stereocenters. The van der Waals surface area contributed by atoms with Crippen LogP contribution >= 0.6 is 47.0 Å². The summed E-state index contributed by atoms with van der Waals surface area (Å²) in [6.45, 7) is 5.96. The summed E-state index contributed by atoms with van der Waals surface area (Å²) in [4.78, 5) is 45.0. The number of thioether (sulfide) groups is 4. The van der Waals surface area contributed by atoms with Crippen molar-refractivity contribution in [2.75, 3.05) is 23.0 Å². The summed E-state index contributed by atoms with van der Waals surface area (Å²) in [5.74, 6) is 2.01. The van der Waals surface area contributed by atoms with Crippen molar-refractivity contribution in [2.24, 2.45) is 5.41 Å². The molecule has 8 heteroatoms. The van der Waals surface area contributed by atoms with Gasteiger partial charge in [-0.25, -0.2) is 0 Å². The maximum atomic E-state index is 11.2. The van der Waals surface area contributed by atoms with Gasteiger partial charge in [0.2, 0.25) is 0 Å². The van der Waals surface area contributed by atoms with Gasteiger partial charge in [0.25, 0.3) is 0 Å². The molecule has 0 atom stereocenters. The number of carbonyl (C=O) groups excluding carboxylic acids is 4. The van der Waals surface area contributed by atoms with Gasteiger partial charge < -0.3 is 0 Å². The molecule has 0 saturated carbocycles. The largest absolute Gasteiger partial charge is 0.288 e. The highest BCUT2D eigenvalue weighted by Gasteiger charge is 2.33. The van der Waals surface area contributed by atoms with Crippen LogP contribution in [0, 0.1) is 5.41 Å². The maximum absolute atomic E-state index is 11.2. The average Bonchev–Trinajstić information content (AvgIpc) is 2.36.